The molecule has 1 aromatic rings. The van der Waals surface area contributed by atoms with Crippen molar-refractivity contribution < 1.29 is 9.53 Å². The zero-order valence-electron chi connectivity index (χ0n) is 11.2. The maximum absolute atomic E-state index is 11.8. The summed E-state index contributed by atoms with van der Waals surface area (Å²) in [5.41, 5.74) is 0.333. The molecule has 0 saturated carbocycles. The normalized spacial score (nSPS) is 18.3. The second kappa shape index (κ2) is 7.04. The third-order valence-electron chi connectivity index (χ3n) is 2.97. The van der Waals surface area contributed by atoms with Gasteiger partial charge in [-0.3, -0.25) is 4.79 Å². The molecule has 6 heteroatoms. The lowest BCUT2D eigenvalue weighted by Gasteiger charge is -2.10. The van der Waals surface area contributed by atoms with E-state index in [2.05, 4.69) is 27.8 Å². The third kappa shape index (κ3) is 4.17. The van der Waals surface area contributed by atoms with Crippen molar-refractivity contribution in [2.45, 2.75) is 32.3 Å². The van der Waals surface area contributed by atoms with Gasteiger partial charge in [0.2, 0.25) is 0 Å². The molecule has 2 rings (SSSR count). The van der Waals surface area contributed by atoms with E-state index in [4.69, 9.17) is 4.74 Å². The second-order valence-corrected chi connectivity index (χ2v) is 4.58. The molecule has 1 unspecified atom stereocenters. The van der Waals surface area contributed by atoms with E-state index in [1.807, 2.05) is 0 Å². The summed E-state index contributed by atoms with van der Waals surface area (Å²) in [6.45, 7) is 4.25. The molecule has 0 radical (unpaired) electrons. The van der Waals surface area contributed by atoms with Crippen molar-refractivity contribution in [1.82, 2.24) is 15.5 Å². The molecular formula is C13H20N4O2. The van der Waals surface area contributed by atoms with Crippen LogP contribution in [-0.2, 0) is 4.74 Å². The highest BCUT2D eigenvalue weighted by atomic mass is 16.5. The summed E-state index contributed by atoms with van der Waals surface area (Å²) >= 11 is 0. The van der Waals surface area contributed by atoms with Gasteiger partial charge >= 0.3 is 0 Å². The van der Waals surface area contributed by atoms with Crippen LogP contribution in [0.3, 0.4) is 0 Å². The smallest absolute Gasteiger partial charge is 0.271 e. The van der Waals surface area contributed by atoms with Gasteiger partial charge in [-0.1, -0.05) is 6.92 Å². The van der Waals surface area contributed by atoms with Gasteiger partial charge in [0.1, 0.15) is 5.82 Å². The van der Waals surface area contributed by atoms with E-state index in [1.165, 1.54) is 0 Å². The van der Waals surface area contributed by atoms with Crippen molar-refractivity contribution in [2.24, 2.45) is 0 Å². The van der Waals surface area contributed by atoms with Crippen LogP contribution >= 0.6 is 0 Å². The first kappa shape index (κ1) is 13.7. The second-order valence-electron chi connectivity index (χ2n) is 4.58. The van der Waals surface area contributed by atoms with Crippen molar-refractivity contribution in [3.63, 3.8) is 0 Å². The molecule has 104 valence electrons. The zero-order valence-corrected chi connectivity index (χ0v) is 11.2. The Bertz CT molecular complexity index is 402. The zero-order chi connectivity index (χ0) is 13.5. The fourth-order valence-electron chi connectivity index (χ4n) is 1.90. The van der Waals surface area contributed by atoms with E-state index >= 15 is 0 Å². The van der Waals surface area contributed by atoms with Crippen LogP contribution in [0.1, 0.15) is 36.7 Å². The minimum absolute atomic E-state index is 0.141. The number of hydrogen-bond donors (Lipinski definition) is 2. The minimum Gasteiger partial charge on any atom is -0.376 e. The summed E-state index contributed by atoms with van der Waals surface area (Å²) in [4.78, 5) is 11.8. The summed E-state index contributed by atoms with van der Waals surface area (Å²) in [5, 5.41) is 13.8. The molecule has 1 atom stereocenters. The number of carbonyl (C=O) groups is 1. The van der Waals surface area contributed by atoms with E-state index in [0.717, 1.165) is 32.4 Å². The van der Waals surface area contributed by atoms with Gasteiger partial charge in [-0.25, -0.2) is 0 Å². The molecule has 2 N–H and O–H groups in total. The molecule has 1 amide bonds. The maximum atomic E-state index is 11.8. The predicted octanol–water partition coefficient (Wildman–Crippen LogP) is 1.21. The molecule has 1 aromatic heterocycles. The SMILES string of the molecule is CCCNc1ccc(C(=O)NCC2CCCO2)nn1. The topological polar surface area (TPSA) is 76.1 Å². The fourth-order valence-corrected chi connectivity index (χ4v) is 1.90. The molecule has 0 aromatic carbocycles. The summed E-state index contributed by atoms with van der Waals surface area (Å²) in [6, 6.07) is 3.44. The number of anilines is 1. The Morgan fingerprint density at radius 2 is 2.37 bits per heavy atom. The number of carbonyl (C=O) groups excluding carboxylic acids is 1. The van der Waals surface area contributed by atoms with Gasteiger partial charge in [0.25, 0.3) is 5.91 Å². The Kier molecular flexibility index (Phi) is 5.09. The van der Waals surface area contributed by atoms with E-state index in [0.29, 0.717) is 18.1 Å². The molecule has 1 saturated heterocycles. The number of hydrogen-bond acceptors (Lipinski definition) is 5. The Morgan fingerprint density at radius 3 is 3.00 bits per heavy atom. The van der Waals surface area contributed by atoms with Crippen molar-refractivity contribution >= 4 is 11.7 Å². The van der Waals surface area contributed by atoms with E-state index in [1.54, 1.807) is 12.1 Å². The summed E-state index contributed by atoms with van der Waals surface area (Å²) in [7, 11) is 0. The number of nitrogens with zero attached hydrogens (tertiary/aromatic N) is 2. The highest BCUT2D eigenvalue weighted by molar-refractivity contribution is 5.92. The molecule has 0 bridgehead atoms. The van der Waals surface area contributed by atoms with Gasteiger partial charge in [-0.15, -0.1) is 10.2 Å². The lowest BCUT2D eigenvalue weighted by atomic mass is 10.2. The largest absolute Gasteiger partial charge is 0.376 e. The summed E-state index contributed by atoms with van der Waals surface area (Å²) in [6.07, 6.45) is 3.23. The van der Waals surface area contributed by atoms with Crippen LogP contribution in [0, 0.1) is 0 Å². The number of nitrogens with one attached hydrogen (secondary N) is 2. The van der Waals surface area contributed by atoms with Crippen molar-refractivity contribution in [3.05, 3.63) is 17.8 Å². The van der Waals surface area contributed by atoms with Gasteiger partial charge in [-0.2, -0.15) is 0 Å². The highest BCUT2D eigenvalue weighted by Crippen LogP contribution is 2.10. The lowest BCUT2D eigenvalue weighted by molar-refractivity contribution is 0.0853. The molecule has 6 nitrogen and oxygen atoms in total. The number of aromatic nitrogens is 2. The van der Waals surface area contributed by atoms with Gasteiger partial charge in [-0.05, 0) is 31.4 Å². The van der Waals surface area contributed by atoms with E-state index in [-0.39, 0.29) is 12.0 Å². The fraction of sp³-hybridized carbons (Fsp3) is 0.615. The van der Waals surface area contributed by atoms with Crippen LogP contribution in [0.25, 0.3) is 0 Å². The van der Waals surface area contributed by atoms with E-state index < -0.39 is 0 Å². The molecule has 2 heterocycles. The summed E-state index contributed by atoms with van der Waals surface area (Å²) < 4.78 is 5.44. The van der Waals surface area contributed by atoms with Gasteiger partial charge < -0.3 is 15.4 Å². The van der Waals surface area contributed by atoms with Crippen LogP contribution in [0.2, 0.25) is 0 Å². The van der Waals surface area contributed by atoms with Crippen LogP contribution < -0.4 is 10.6 Å². The third-order valence-corrected chi connectivity index (χ3v) is 2.97. The van der Waals surface area contributed by atoms with Crippen LogP contribution in [0.15, 0.2) is 12.1 Å². The average Bonchev–Trinajstić information content (AvgIpc) is 2.96. The lowest BCUT2D eigenvalue weighted by Crippen LogP contribution is -2.32. The Hall–Kier alpha value is -1.69. The first-order valence-electron chi connectivity index (χ1n) is 6.77. The minimum atomic E-state index is -0.204. The maximum Gasteiger partial charge on any atom is 0.271 e. The van der Waals surface area contributed by atoms with E-state index in [9.17, 15) is 4.79 Å². The highest BCUT2D eigenvalue weighted by Gasteiger charge is 2.17. The number of rotatable bonds is 6. The van der Waals surface area contributed by atoms with Crippen LogP contribution in [0.5, 0.6) is 0 Å². The first-order chi connectivity index (χ1) is 9.29. The first-order valence-corrected chi connectivity index (χ1v) is 6.77. The monoisotopic (exact) mass is 264 g/mol. The van der Waals surface area contributed by atoms with Crippen molar-refractivity contribution in [1.29, 1.82) is 0 Å². The van der Waals surface area contributed by atoms with Crippen molar-refractivity contribution in [2.75, 3.05) is 25.0 Å². The predicted molar refractivity (Wildman–Crippen MR) is 72.1 cm³/mol. The van der Waals surface area contributed by atoms with Crippen LogP contribution in [0.4, 0.5) is 5.82 Å². The Morgan fingerprint density at radius 1 is 1.47 bits per heavy atom. The molecule has 0 spiro atoms. The average molecular weight is 264 g/mol. The number of amides is 1. The molecule has 19 heavy (non-hydrogen) atoms. The molecule has 1 aliphatic rings. The van der Waals surface area contributed by atoms with Gasteiger partial charge in [0, 0.05) is 19.7 Å². The quantitative estimate of drug-likeness (QED) is 0.807. The van der Waals surface area contributed by atoms with Crippen LogP contribution in [-0.4, -0.2) is 41.9 Å². The number of ether oxygens (including phenoxy) is 1. The van der Waals surface area contributed by atoms with Gasteiger partial charge in [0.05, 0.1) is 6.10 Å². The molecule has 1 fully saturated rings. The molecule has 0 aliphatic carbocycles. The summed E-state index contributed by atoms with van der Waals surface area (Å²) in [5.74, 6) is 0.488. The Labute approximate surface area is 112 Å². The molecule has 1 aliphatic heterocycles. The standard InChI is InChI=1S/C13H20N4O2/c1-2-7-14-12-6-5-11(16-17-12)13(18)15-9-10-4-3-8-19-10/h5-6,10H,2-4,7-9H2,1H3,(H,14,17)(H,15,18). The Balaban J connectivity index is 1.81. The van der Waals surface area contributed by atoms with Crippen molar-refractivity contribution in [3.8, 4) is 0 Å². The molecular weight excluding hydrogens is 244 g/mol. The van der Waals surface area contributed by atoms with Gasteiger partial charge in [0.15, 0.2) is 5.69 Å².